The molecule has 0 rings (SSSR count). The van der Waals surface area contributed by atoms with Crippen molar-refractivity contribution in [3.8, 4) is 6.07 Å². The Morgan fingerprint density at radius 1 is 1.33 bits per heavy atom. The molecule has 1 unspecified atom stereocenters. The second-order valence-electron chi connectivity index (χ2n) is 4.68. The summed E-state index contributed by atoms with van der Waals surface area (Å²) in [6.45, 7) is 10.4. The number of nitrogens with zero attached hydrogens (tertiary/aromatic N) is 1. The molecule has 0 aromatic carbocycles. The van der Waals surface area contributed by atoms with Crippen LogP contribution < -0.4 is 0 Å². The van der Waals surface area contributed by atoms with Crippen molar-refractivity contribution < 1.29 is 0 Å². The van der Waals surface area contributed by atoms with Gasteiger partial charge in [-0.3, -0.25) is 0 Å². The summed E-state index contributed by atoms with van der Waals surface area (Å²) in [6.07, 6.45) is 8.00. The third-order valence-corrected chi connectivity index (χ3v) is 2.92. The van der Waals surface area contributed by atoms with Crippen LogP contribution in [0.2, 0.25) is 0 Å². The van der Waals surface area contributed by atoms with E-state index in [4.69, 9.17) is 0 Å². The summed E-state index contributed by atoms with van der Waals surface area (Å²) in [4.78, 5) is 0. The molecule has 0 heterocycles. The van der Waals surface area contributed by atoms with Crippen LogP contribution in [0, 0.1) is 22.7 Å². The Kier molecular flexibility index (Phi) is 6.01. The zero-order valence-electron chi connectivity index (χ0n) is 10.7. The minimum atomic E-state index is -0.232. The second kappa shape index (κ2) is 6.45. The van der Waals surface area contributed by atoms with Crippen LogP contribution in [0.4, 0.5) is 0 Å². The van der Waals surface area contributed by atoms with E-state index in [9.17, 15) is 5.26 Å². The molecule has 0 spiro atoms. The van der Waals surface area contributed by atoms with Crippen LogP contribution in [-0.4, -0.2) is 0 Å². The molecular formula is C14H23N. The zero-order chi connectivity index (χ0) is 11.9. The predicted molar refractivity (Wildman–Crippen MR) is 66.4 cm³/mol. The molecule has 0 bridgehead atoms. The number of rotatable bonds is 5. The fraction of sp³-hybridized carbons (Fsp3) is 0.643. The fourth-order valence-electron chi connectivity index (χ4n) is 1.49. The molecule has 0 fully saturated rings. The van der Waals surface area contributed by atoms with E-state index in [1.54, 1.807) is 0 Å². The summed E-state index contributed by atoms with van der Waals surface area (Å²) in [7, 11) is 0. The maximum atomic E-state index is 9.37. The van der Waals surface area contributed by atoms with E-state index < -0.39 is 0 Å². The van der Waals surface area contributed by atoms with Gasteiger partial charge in [0.25, 0.3) is 0 Å². The molecule has 1 heteroatoms. The van der Waals surface area contributed by atoms with E-state index in [0.29, 0.717) is 5.92 Å². The number of hydrogen-bond donors (Lipinski definition) is 0. The zero-order valence-corrected chi connectivity index (χ0v) is 10.7. The molecular weight excluding hydrogens is 182 g/mol. The van der Waals surface area contributed by atoms with Crippen molar-refractivity contribution in [1.29, 1.82) is 5.26 Å². The second-order valence-corrected chi connectivity index (χ2v) is 4.68. The Hall–Kier alpha value is -1.03. The van der Waals surface area contributed by atoms with Crippen molar-refractivity contribution >= 4 is 0 Å². The first kappa shape index (κ1) is 14.0. The van der Waals surface area contributed by atoms with E-state index in [1.165, 1.54) is 5.57 Å². The van der Waals surface area contributed by atoms with E-state index in [2.05, 4.69) is 45.9 Å². The largest absolute Gasteiger partial charge is 0.198 e. The average Bonchev–Trinajstić information content (AvgIpc) is 2.18. The topological polar surface area (TPSA) is 23.8 Å². The van der Waals surface area contributed by atoms with E-state index in [-0.39, 0.29) is 5.41 Å². The molecule has 15 heavy (non-hydrogen) atoms. The molecule has 1 atom stereocenters. The molecule has 0 aliphatic rings. The summed E-state index contributed by atoms with van der Waals surface area (Å²) in [5.74, 6) is 0.384. The van der Waals surface area contributed by atoms with Gasteiger partial charge in [0, 0.05) is 0 Å². The van der Waals surface area contributed by atoms with Gasteiger partial charge < -0.3 is 0 Å². The van der Waals surface area contributed by atoms with E-state index in [1.807, 2.05) is 13.0 Å². The molecule has 0 saturated heterocycles. The monoisotopic (exact) mass is 205 g/mol. The van der Waals surface area contributed by atoms with Crippen LogP contribution in [0.15, 0.2) is 23.8 Å². The fourth-order valence-corrected chi connectivity index (χ4v) is 1.49. The van der Waals surface area contributed by atoms with Crippen LogP contribution in [0.25, 0.3) is 0 Å². The van der Waals surface area contributed by atoms with Gasteiger partial charge in [-0.05, 0) is 39.5 Å². The molecule has 0 aliphatic heterocycles. The maximum absolute atomic E-state index is 9.37. The first-order valence-corrected chi connectivity index (χ1v) is 5.64. The van der Waals surface area contributed by atoms with Gasteiger partial charge in [0.15, 0.2) is 0 Å². The highest BCUT2D eigenvalue weighted by molar-refractivity contribution is 5.10. The van der Waals surface area contributed by atoms with E-state index in [0.717, 1.165) is 12.8 Å². The highest BCUT2D eigenvalue weighted by Crippen LogP contribution is 2.35. The molecule has 1 nitrogen and oxygen atoms in total. The van der Waals surface area contributed by atoms with Crippen LogP contribution in [-0.2, 0) is 0 Å². The third kappa shape index (κ3) is 4.34. The van der Waals surface area contributed by atoms with Crippen molar-refractivity contribution in [3.63, 3.8) is 0 Å². The van der Waals surface area contributed by atoms with Gasteiger partial charge in [0.05, 0.1) is 11.5 Å². The first-order valence-electron chi connectivity index (χ1n) is 5.64. The lowest BCUT2D eigenvalue weighted by Gasteiger charge is -2.28. The van der Waals surface area contributed by atoms with Gasteiger partial charge in [-0.1, -0.05) is 37.6 Å². The molecule has 84 valence electrons. The molecule has 0 aromatic heterocycles. The Balaban J connectivity index is 4.83. The van der Waals surface area contributed by atoms with Gasteiger partial charge in [0.1, 0.15) is 0 Å². The molecule has 0 radical (unpaired) electrons. The van der Waals surface area contributed by atoms with Crippen molar-refractivity contribution in [1.82, 2.24) is 0 Å². The van der Waals surface area contributed by atoms with Crippen molar-refractivity contribution in [2.75, 3.05) is 0 Å². The van der Waals surface area contributed by atoms with Crippen molar-refractivity contribution in [2.24, 2.45) is 11.3 Å². The Morgan fingerprint density at radius 3 is 2.27 bits per heavy atom. The summed E-state index contributed by atoms with van der Waals surface area (Å²) in [5, 5.41) is 9.37. The lowest BCUT2D eigenvalue weighted by molar-refractivity contribution is 0.282. The molecule has 0 saturated carbocycles. The lowest BCUT2D eigenvalue weighted by atomic mass is 9.73. The standard InChI is InChI=1S/C14H23N/c1-6-7-9-14(11-15,13(4)5)10-8-12(2)3/h6-8,13H,9-10H2,1-5H3. The normalized spacial score (nSPS) is 15.0. The predicted octanol–water partition coefficient (Wildman–Crippen LogP) is 4.47. The average molecular weight is 205 g/mol. The van der Waals surface area contributed by atoms with Crippen LogP contribution in [0.5, 0.6) is 0 Å². The smallest absolute Gasteiger partial charge is 0.0699 e. The highest BCUT2D eigenvalue weighted by atomic mass is 14.4. The first-order chi connectivity index (χ1) is 6.98. The summed E-state index contributed by atoms with van der Waals surface area (Å²) < 4.78 is 0. The van der Waals surface area contributed by atoms with Gasteiger partial charge in [-0.25, -0.2) is 0 Å². The van der Waals surface area contributed by atoms with Gasteiger partial charge in [-0.15, -0.1) is 0 Å². The number of nitriles is 1. The SMILES string of the molecule is CC=CCC(C#N)(CC=C(C)C)C(C)C. The molecule has 0 amide bonds. The summed E-state index contributed by atoms with van der Waals surface area (Å²) in [5.41, 5.74) is 1.06. The van der Waals surface area contributed by atoms with Crippen LogP contribution in [0.3, 0.4) is 0 Å². The van der Waals surface area contributed by atoms with Crippen molar-refractivity contribution in [3.05, 3.63) is 23.8 Å². The third-order valence-electron chi connectivity index (χ3n) is 2.92. The van der Waals surface area contributed by atoms with Gasteiger partial charge >= 0.3 is 0 Å². The van der Waals surface area contributed by atoms with Crippen LogP contribution in [0.1, 0.15) is 47.5 Å². The number of hydrogen-bond acceptors (Lipinski definition) is 1. The lowest BCUT2D eigenvalue weighted by Crippen LogP contribution is -2.24. The minimum absolute atomic E-state index is 0.232. The quantitative estimate of drug-likeness (QED) is 0.607. The Morgan fingerprint density at radius 2 is 1.93 bits per heavy atom. The number of allylic oxidation sites excluding steroid dienone is 4. The van der Waals surface area contributed by atoms with E-state index >= 15 is 0 Å². The molecule has 0 N–H and O–H groups in total. The summed E-state index contributed by atoms with van der Waals surface area (Å²) in [6, 6.07) is 2.51. The molecule has 0 aliphatic carbocycles. The Labute approximate surface area is 94.5 Å². The Bertz CT molecular complexity index is 274. The molecule has 0 aromatic rings. The van der Waals surface area contributed by atoms with Gasteiger partial charge in [0.2, 0.25) is 0 Å². The van der Waals surface area contributed by atoms with Gasteiger partial charge in [-0.2, -0.15) is 5.26 Å². The highest BCUT2D eigenvalue weighted by Gasteiger charge is 2.31. The van der Waals surface area contributed by atoms with Crippen molar-refractivity contribution in [2.45, 2.75) is 47.5 Å². The summed E-state index contributed by atoms with van der Waals surface area (Å²) >= 11 is 0. The van der Waals surface area contributed by atoms with Crippen LogP contribution >= 0.6 is 0 Å². The maximum Gasteiger partial charge on any atom is 0.0699 e. The minimum Gasteiger partial charge on any atom is -0.198 e.